The summed E-state index contributed by atoms with van der Waals surface area (Å²) in [5, 5.41) is 1.38. The monoisotopic (exact) mass is 175 g/mol. The number of allylic oxidation sites excluding steroid dienone is 2. The van der Waals surface area contributed by atoms with Crippen molar-refractivity contribution in [3.8, 4) is 0 Å². The lowest BCUT2D eigenvalue weighted by atomic mass is 10.3. The van der Waals surface area contributed by atoms with Crippen molar-refractivity contribution in [2.24, 2.45) is 10.8 Å². The summed E-state index contributed by atoms with van der Waals surface area (Å²) < 4.78 is 0. The van der Waals surface area contributed by atoms with Gasteiger partial charge >= 0.3 is 0 Å². The molecule has 68 valence electrons. The maximum absolute atomic E-state index is 5.61. The van der Waals surface area contributed by atoms with Gasteiger partial charge in [-0.15, -0.1) is 0 Å². The number of hydrazine groups is 1. The first-order valence-corrected chi connectivity index (χ1v) is 4.01. The second kappa shape index (κ2) is 3.90. The lowest BCUT2D eigenvalue weighted by Crippen LogP contribution is -2.30. The van der Waals surface area contributed by atoms with Crippen molar-refractivity contribution in [2.45, 2.75) is 13.8 Å². The Morgan fingerprint density at radius 1 is 1.54 bits per heavy atom. The Kier molecular flexibility index (Phi) is 2.85. The van der Waals surface area contributed by atoms with E-state index in [0.29, 0.717) is 5.84 Å². The summed E-state index contributed by atoms with van der Waals surface area (Å²) in [5.41, 5.74) is 4.94. The highest BCUT2D eigenvalue weighted by Gasteiger charge is 2.01. The Labute approximate surface area is 78.2 Å². The maximum atomic E-state index is 5.61. The van der Waals surface area contributed by atoms with E-state index in [0.717, 1.165) is 11.3 Å². The van der Waals surface area contributed by atoms with Gasteiger partial charge in [0.2, 0.25) is 0 Å². The van der Waals surface area contributed by atoms with Crippen LogP contribution in [0.5, 0.6) is 0 Å². The van der Waals surface area contributed by atoms with Crippen LogP contribution in [0.2, 0.25) is 0 Å². The van der Waals surface area contributed by atoms with E-state index in [4.69, 9.17) is 5.84 Å². The second-order valence-electron chi connectivity index (χ2n) is 2.79. The molecule has 0 spiro atoms. The van der Waals surface area contributed by atoms with E-state index in [1.54, 1.807) is 0 Å². The first-order valence-electron chi connectivity index (χ1n) is 4.01. The van der Waals surface area contributed by atoms with E-state index in [-0.39, 0.29) is 0 Å². The Bertz CT molecular complexity index is 341. The predicted molar refractivity (Wildman–Crippen MR) is 54.7 cm³/mol. The van der Waals surface area contributed by atoms with Gasteiger partial charge in [0.05, 0.1) is 5.70 Å². The highest BCUT2D eigenvalue weighted by molar-refractivity contribution is 5.94. The molecule has 0 amide bonds. The largest absolute Gasteiger partial charge is 0.270 e. The van der Waals surface area contributed by atoms with Crippen LogP contribution in [0, 0.1) is 0 Å². The van der Waals surface area contributed by atoms with Crippen molar-refractivity contribution in [1.82, 2.24) is 5.01 Å². The molecule has 0 fully saturated rings. The van der Waals surface area contributed by atoms with Gasteiger partial charge in [0.25, 0.3) is 0 Å². The summed E-state index contributed by atoms with van der Waals surface area (Å²) in [6.45, 7) is 7.41. The van der Waals surface area contributed by atoms with E-state index in [1.165, 1.54) is 11.2 Å². The molecule has 1 aliphatic heterocycles. The minimum absolute atomic E-state index is 0.664. The van der Waals surface area contributed by atoms with Crippen molar-refractivity contribution in [1.29, 1.82) is 0 Å². The van der Waals surface area contributed by atoms with Crippen molar-refractivity contribution in [3.05, 3.63) is 41.9 Å². The molecule has 3 nitrogen and oxygen atoms in total. The standard InChI is InChI=1S/C10H13N3/c1-4-13(11)10-6-5-8(2)7-9(3)12-10/h4-6H,1,11H2,2-3H3. The number of nitrogens with zero attached hydrogens (tertiary/aromatic N) is 2. The lowest BCUT2D eigenvalue weighted by Gasteiger charge is -2.11. The third-order valence-corrected chi connectivity index (χ3v) is 1.60. The van der Waals surface area contributed by atoms with Gasteiger partial charge < -0.3 is 0 Å². The molecule has 0 saturated carbocycles. The van der Waals surface area contributed by atoms with Gasteiger partial charge in [-0.25, -0.2) is 10.8 Å². The Balaban J connectivity index is 3.03. The van der Waals surface area contributed by atoms with Gasteiger partial charge in [-0.3, -0.25) is 5.01 Å². The third kappa shape index (κ3) is 2.44. The molecule has 0 bridgehead atoms. The molecule has 0 aromatic rings. The molecule has 0 unspecified atom stereocenters. The average Bonchev–Trinajstić information content (AvgIpc) is 2.25. The molecule has 13 heavy (non-hydrogen) atoms. The number of amidine groups is 1. The van der Waals surface area contributed by atoms with Gasteiger partial charge in [-0.05, 0) is 31.6 Å². The normalized spacial score (nSPS) is 15.5. The fraction of sp³-hybridized carbons (Fsp3) is 0.200. The van der Waals surface area contributed by atoms with E-state index in [1.807, 2.05) is 26.0 Å². The highest BCUT2D eigenvalue weighted by Crippen LogP contribution is 2.05. The zero-order valence-corrected chi connectivity index (χ0v) is 7.91. The predicted octanol–water partition coefficient (Wildman–Crippen LogP) is 1.72. The molecule has 0 atom stereocenters. The van der Waals surface area contributed by atoms with Gasteiger partial charge in [-0.2, -0.15) is 0 Å². The van der Waals surface area contributed by atoms with Crippen LogP contribution in [-0.4, -0.2) is 10.8 Å². The first-order chi connectivity index (χ1) is 6.13. The number of hydrogen-bond acceptors (Lipinski definition) is 3. The molecule has 0 aliphatic carbocycles. The molecule has 1 rings (SSSR count). The third-order valence-electron chi connectivity index (χ3n) is 1.60. The van der Waals surface area contributed by atoms with Crippen molar-refractivity contribution >= 4 is 5.84 Å². The molecular weight excluding hydrogens is 162 g/mol. The summed E-state index contributed by atoms with van der Waals surface area (Å²) in [6.07, 6.45) is 5.26. The van der Waals surface area contributed by atoms with Gasteiger partial charge in [-0.1, -0.05) is 12.3 Å². The zero-order chi connectivity index (χ0) is 9.84. The van der Waals surface area contributed by atoms with Gasteiger partial charge in [0, 0.05) is 6.20 Å². The Hall–Kier alpha value is -1.57. The Morgan fingerprint density at radius 2 is 2.23 bits per heavy atom. The number of nitrogens with two attached hydrogens (primary N) is 1. The SMILES string of the molecule is C=CN(N)C1=NC(C)=C=C(C)C=C1. The van der Waals surface area contributed by atoms with Crippen LogP contribution in [0.25, 0.3) is 0 Å². The zero-order valence-electron chi connectivity index (χ0n) is 7.91. The van der Waals surface area contributed by atoms with Crippen LogP contribution < -0.4 is 5.84 Å². The molecular formula is C10H13N3. The van der Waals surface area contributed by atoms with Gasteiger partial charge in [0.1, 0.15) is 5.84 Å². The van der Waals surface area contributed by atoms with Crippen molar-refractivity contribution < 1.29 is 0 Å². The topological polar surface area (TPSA) is 41.6 Å². The molecule has 1 heterocycles. The summed E-state index contributed by atoms with van der Waals surface area (Å²) in [4.78, 5) is 4.24. The van der Waals surface area contributed by atoms with Crippen LogP contribution in [0.4, 0.5) is 0 Å². The first kappa shape index (κ1) is 9.52. The molecule has 2 N–H and O–H groups in total. The van der Waals surface area contributed by atoms with Crippen LogP contribution in [0.1, 0.15) is 13.8 Å². The lowest BCUT2D eigenvalue weighted by molar-refractivity contribution is 0.601. The minimum Gasteiger partial charge on any atom is -0.270 e. The van der Waals surface area contributed by atoms with Crippen molar-refractivity contribution in [2.75, 3.05) is 0 Å². The van der Waals surface area contributed by atoms with E-state index >= 15 is 0 Å². The molecule has 1 aliphatic rings. The van der Waals surface area contributed by atoms with Crippen LogP contribution in [0.15, 0.2) is 46.9 Å². The number of aliphatic imine (C=N–C) groups is 1. The summed E-state index contributed by atoms with van der Waals surface area (Å²) in [7, 11) is 0. The molecule has 0 radical (unpaired) electrons. The van der Waals surface area contributed by atoms with E-state index < -0.39 is 0 Å². The molecule has 3 heteroatoms. The molecule has 0 aromatic heterocycles. The fourth-order valence-electron chi connectivity index (χ4n) is 1.00. The summed E-state index contributed by atoms with van der Waals surface area (Å²) in [5.74, 6) is 6.27. The minimum atomic E-state index is 0.664. The second-order valence-corrected chi connectivity index (χ2v) is 2.79. The highest BCUT2D eigenvalue weighted by atomic mass is 15.4. The van der Waals surface area contributed by atoms with Crippen LogP contribution in [0.3, 0.4) is 0 Å². The van der Waals surface area contributed by atoms with Gasteiger partial charge in [0.15, 0.2) is 0 Å². The number of hydrogen-bond donors (Lipinski definition) is 1. The van der Waals surface area contributed by atoms with Crippen LogP contribution >= 0.6 is 0 Å². The maximum Gasteiger partial charge on any atom is 0.147 e. The Morgan fingerprint density at radius 3 is 2.85 bits per heavy atom. The van der Waals surface area contributed by atoms with E-state index in [9.17, 15) is 0 Å². The average molecular weight is 175 g/mol. The number of rotatable bonds is 1. The van der Waals surface area contributed by atoms with Crippen molar-refractivity contribution in [3.63, 3.8) is 0 Å². The van der Waals surface area contributed by atoms with Crippen LogP contribution in [-0.2, 0) is 0 Å². The quantitative estimate of drug-likeness (QED) is 0.374. The summed E-state index contributed by atoms with van der Waals surface area (Å²) in [6, 6.07) is 0. The summed E-state index contributed by atoms with van der Waals surface area (Å²) >= 11 is 0. The fourth-order valence-corrected chi connectivity index (χ4v) is 1.00. The molecule has 0 aromatic carbocycles. The smallest absolute Gasteiger partial charge is 0.147 e. The van der Waals surface area contributed by atoms with E-state index in [2.05, 4.69) is 17.3 Å². The molecule has 0 saturated heterocycles.